The van der Waals surface area contributed by atoms with Crippen molar-refractivity contribution < 1.29 is 4.79 Å². The van der Waals surface area contributed by atoms with E-state index in [-0.39, 0.29) is 22.8 Å². The van der Waals surface area contributed by atoms with Gasteiger partial charge in [-0.1, -0.05) is 60.1 Å². The molecule has 7 aromatic carbocycles. The first-order valence-electron chi connectivity index (χ1n) is 11.0. The SMILES string of the molecule is Br.O=C1c2cc3ccc4cc5c6ccccc6cc6ccc7cc(c2C=C(Cl)C1Cl)c3c4c7c65. The molecule has 0 bridgehead atoms. The molecule has 1 unspecified atom stereocenters. The molecule has 0 N–H and O–H groups in total. The number of allylic oxidation sites excluding steroid dienone is 1. The zero-order valence-electron chi connectivity index (χ0n) is 17.7. The van der Waals surface area contributed by atoms with Crippen molar-refractivity contribution in [3.05, 3.63) is 89.0 Å². The molecule has 0 aliphatic heterocycles. The second-order valence-electron chi connectivity index (χ2n) is 9.06. The summed E-state index contributed by atoms with van der Waals surface area (Å²) in [6.45, 7) is 0. The van der Waals surface area contributed by atoms with E-state index in [9.17, 15) is 4.79 Å². The van der Waals surface area contributed by atoms with Crippen molar-refractivity contribution >= 4 is 117 Å². The summed E-state index contributed by atoms with van der Waals surface area (Å²) in [4.78, 5) is 13.0. The van der Waals surface area contributed by atoms with Crippen LogP contribution in [-0.2, 0) is 0 Å². The Morgan fingerprint density at radius 2 is 1.21 bits per heavy atom. The Hall–Kier alpha value is -2.91. The average molecular weight is 542 g/mol. The number of fused-ring (bicyclic) bond motifs is 4. The van der Waals surface area contributed by atoms with Crippen molar-refractivity contribution in [2.24, 2.45) is 0 Å². The lowest BCUT2D eigenvalue weighted by atomic mass is 9.82. The Bertz CT molecular complexity index is 2020. The van der Waals surface area contributed by atoms with Gasteiger partial charge in [0.2, 0.25) is 0 Å². The number of rotatable bonds is 0. The van der Waals surface area contributed by atoms with Crippen LogP contribution < -0.4 is 0 Å². The van der Waals surface area contributed by atoms with Crippen LogP contribution in [-0.4, -0.2) is 11.2 Å². The molecule has 0 saturated carbocycles. The highest BCUT2D eigenvalue weighted by molar-refractivity contribution is 8.93. The second kappa shape index (κ2) is 6.82. The van der Waals surface area contributed by atoms with Crippen LogP contribution in [0, 0.1) is 0 Å². The van der Waals surface area contributed by atoms with Crippen LogP contribution in [0.3, 0.4) is 0 Å². The summed E-state index contributed by atoms with van der Waals surface area (Å²) in [6.07, 6.45) is 1.87. The molecule has 0 saturated heterocycles. The second-order valence-corrected chi connectivity index (χ2v) is 9.94. The van der Waals surface area contributed by atoms with Gasteiger partial charge in [0.05, 0.1) is 0 Å². The Kier molecular flexibility index (Phi) is 4.11. The van der Waals surface area contributed by atoms with Crippen LogP contribution in [0.5, 0.6) is 0 Å². The standard InChI is InChI=1S/C30H14Cl2O.BrH/c31-24-13-20-22-11-18-7-5-15-9-14-3-1-2-4-19(14)21-10-17-8-6-16(12-23(20)30(33)29(24)32)26(22)28(17)27(18)25(15)21;/h1-13,29H;1H. The lowest BCUT2D eigenvalue weighted by Gasteiger charge is -2.23. The molecule has 0 fully saturated rings. The van der Waals surface area contributed by atoms with Gasteiger partial charge in [-0.05, 0) is 101 Å². The quantitative estimate of drug-likeness (QED) is 0.106. The normalized spacial score (nSPS) is 16.2. The maximum atomic E-state index is 13.0. The smallest absolute Gasteiger partial charge is 0.186 e. The molecule has 1 atom stereocenters. The first kappa shape index (κ1) is 20.5. The fourth-order valence-corrected chi connectivity index (χ4v) is 6.39. The van der Waals surface area contributed by atoms with Gasteiger partial charge in [-0.3, -0.25) is 4.79 Å². The maximum absolute atomic E-state index is 13.0. The zero-order chi connectivity index (χ0) is 22.0. The summed E-state index contributed by atoms with van der Waals surface area (Å²) in [5, 5.41) is 14.1. The first-order chi connectivity index (χ1) is 16.1. The van der Waals surface area contributed by atoms with Crippen LogP contribution in [0.1, 0.15) is 15.9 Å². The van der Waals surface area contributed by atoms with E-state index >= 15 is 0 Å². The van der Waals surface area contributed by atoms with E-state index in [0.29, 0.717) is 10.6 Å². The van der Waals surface area contributed by atoms with Crippen LogP contribution in [0.2, 0.25) is 0 Å². The van der Waals surface area contributed by atoms with E-state index in [0.717, 1.165) is 16.3 Å². The molecule has 162 valence electrons. The molecule has 0 amide bonds. The number of hydrogen-bond donors (Lipinski definition) is 0. The van der Waals surface area contributed by atoms with E-state index in [4.69, 9.17) is 23.2 Å². The average Bonchev–Trinajstić information content (AvgIpc) is 2.84. The number of hydrogen-bond acceptors (Lipinski definition) is 1. The molecule has 0 heterocycles. The van der Waals surface area contributed by atoms with Crippen molar-refractivity contribution in [1.29, 1.82) is 0 Å². The zero-order valence-corrected chi connectivity index (χ0v) is 20.9. The fraction of sp³-hybridized carbons (Fsp3) is 0.0333. The molecule has 4 heteroatoms. The number of carbonyl (C=O) groups is 1. The van der Waals surface area contributed by atoms with Crippen LogP contribution >= 0.6 is 40.2 Å². The molecule has 0 radical (unpaired) electrons. The summed E-state index contributed by atoms with van der Waals surface area (Å²) in [6, 6.07) is 26.1. The Labute approximate surface area is 215 Å². The molecule has 0 aromatic heterocycles. The van der Waals surface area contributed by atoms with Crippen molar-refractivity contribution in [3.8, 4) is 0 Å². The molecular formula is C30H15BrCl2O. The Morgan fingerprint density at radius 3 is 1.94 bits per heavy atom. The van der Waals surface area contributed by atoms with E-state index in [2.05, 4.69) is 66.7 Å². The lowest BCUT2D eigenvalue weighted by molar-refractivity contribution is 0.0997. The largest absolute Gasteiger partial charge is 0.292 e. The number of Topliss-reactive ketones (excluding diaryl/α,β-unsaturated/α-hetero) is 1. The minimum Gasteiger partial charge on any atom is -0.292 e. The highest BCUT2D eigenvalue weighted by Gasteiger charge is 2.30. The van der Waals surface area contributed by atoms with Gasteiger partial charge in [-0.25, -0.2) is 0 Å². The van der Waals surface area contributed by atoms with Gasteiger partial charge >= 0.3 is 0 Å². The molecule has 1 aliphatic carbocycles. The van der Waals surface area contributed by atoms with E-state index in [1.165, 1.54) is 53.9 Å². The minimum atomic E-state index is -0.814. The van der Waals surface area contributed by atoms with Crippen molar-refractivity contribution in [2.45, 2.75) is 5.38 Å². The molecule has 8 rings (SSSR count). The number of carbonyl (C=O) groups excluding carboxylic acids is 1. The molecule has 34 heavy (non-hydrogen) atoms. The first-order valence-corrected chi connectivity index (χ1v) is 11.8. The van der Waals surface area contributed by atoms with Gasteiger partial charge in [0.1, 0.15) is 5.38 Å². The molecule has 1 aliphatic rings. The number of alkyl halides is 1. The van der Waals surface area contributed by atoms with Gasteiger partial charge in [-0.15, -0.1) is 28.6 Å². The van der Waals surface area contributed by atoms with E-state index in [1.807, 2.05) is 12.1 Å². The fourth-order valence-electron chi connectivity index (χ4n) is 6.00. The maximum Gasteiger partial charge on any atom is 0.186 e. The Balaban J connectivity index is 0.00000200. The highest BCUT2D eigenvalue weighted by atomic mass is 79.9. The number of ketones is 1. The summed E-state index contributed by atoms with van der Waals surface area (Å²) in [5.41, 5.74) is 1.52. The minimum absolute atomic E-state index is 0. The van der Waals surface area contributed by atoms with Gasteiger partial charge in [0.15, 0.2) is 5.78 Å². The number of halogens is 3. The van der Waals surface area contributed by atoms with Crippen LogP contribution in [0.4, 0.5) is 0 Å². The molecule has 1 nitrogen and oxygen atoms in total. The Morgan fingerprint density at radius 1 is 0.618 bits per heavy atom. The monoisotopic (exact) mass is 540 g/mol. The molecule has 0 spiro atoms. The van der Waals surface area contributed by atoms with E-state index < -0.39 is 5.38 Å². The van der Waals surface area contributed by atoms with Crippen molar-refractivity contribution in [1.82, 2.24) is 0 Å². The summed E-state index contributed by atoms with van der Waals surface area (Å²) < 4.78 is 0. The topological polar surface area (TPSA) is 17.1 Å². The van der Waals surface area contributed by atoms with Crippen LogP contribution in [0.15, 0.2) is 77.8 Å². The summed E-state index contributed by atoms with van der Waals surface area (Å²) in [7, 11) is 0. The van der Waals surface area contributed by atoms with Gasteiger partial charge in [-0.2, -0.15) is 0 Å². The summed E-state index contributed by atoms with van der Waals surface area (Å²) in [5.74, 6) is -0.131. The van der Waals surface area contributed by atoms with Gasteiger partial charge in [0.25, 0.3) is 0 Å². The third-order valence-electron chi connectivity index (χ3n) is 7.39. The van der Waals surface area contributed by atoms with Crippen molar-refractivity contribution in [2.75, 3.05) is 0 Å². The van der Waals surface area contributed by atoms with Crippen molar-refractivity contribution in [3.63, 3.8) is 0 Å². The van der Waals surface area contributed by atoms with Gasteiger partial charge in [0, 0.05) is 10.6 Å². The van der Waals surface area contributed by atoms with Crippen LogP contribution in [0.25, 0.3) is 70.7 Å². The molecular weight excluding hydrogens is 527 g/mol. The van der Waals surface area contributed by atoms with Gasteiger partial charge < -0.3 is 0 Å². The predicted molar refractivity (Wildman–Crippen MR) is 152 cm³/mol. The third kappa shape index (κ3) is 2.39. The molecule has 7 aromatic rings. The highest BCUT2D eigenvalue weighted by Crippen LogP contribution is 2.47. The number of benzene rings is 7. The third-order valence-corrected chi connectivity index (χ3v) is 8.26. The van der Waals surface area contributed by atoms with E-state index in [1.54, 1.807) is 0 Å². The predicted octanol–water partition coefficient (Wildman–Crippen LogP) is 9.44. The summed E-state index contributed by atoms with van der Waals surface area (Å²) >= 11 is 12.7. The lowest BCUT2D eigenvalue weighted by Crippen LogP contribution is -2.20.